The molecule has 1 atom stereocenters. The zero-order chi connectivity index (χ0) is 23.4. The molecule has 1 unspecified atom stereocenters. The van der Waals surface area contributed by atoms with Gasteiger partial charge in [-0.1, -0.05) is 6.58 Å². The van der Waals surface area contributed by atoms with Crippen LogP contribution in [0.2, 0.25) is 0 Å². The van der Waals surface area contributed by atoms with E-state index in [1.807, 2.05) is 0 Å². The molecule has 0 saturated heterocycles. The summed E-state index contributed by atoms with van der Waals surface area (Å²) in [6.07, 6.45) is -23.6. The Bertz CT molecular complexity index is 611. The Morgan fingerprint density at radius 3 is 1.18 bits per heavy atom. The lowest BCUT2D eigenvalue weighted by Crippen LogP contribution is -2.76. The monoisotopic (exact) mass is 454 g/mol. The third kappa shape index (κ3) is 3.46. The fraction of sp³-hybridized carbons (Fsp3) is 0.727. The van der Waals surface area contributed by atoms with Crippen LogP contribution >= 0.6 is 0 Å². The van der Waals surface area contributed by atoms with E-state index in [4.69, 9.17) is 0 Å². The van der Waals surface area contributed by atoms with E-state index in [0.717, 1.165) is 0 Å². The van der Waals surface area contributed by atoms with Crippen LogP contribution in [0.1, 0.15) is 6.92 Å². The van der Waals surface area contributed by atoms with Gasteiger partial charge < -0.3 is 4.74 Å². The minimum Gasteiger partial charge on any atom is -0.411 e. The third-order valence-electron chi connectivity index (χ3n) is 2.96. The maximum atomic E-state index is 13.7. The van der Waals surface area contributed by atoms with E-state index >= 15 is 0 Å². The van der Waals surface area contributed by atoms with Gasteiger partial charge in [0.25, 0.3) is 0 Å². The van der Waals surface area contributed by atoms with Gasteiger partial charge in [0.1, 0.15) is 0 Å². The molecule has 0 heterocycles. The van der Waals surface area contributed by atoms with E-state index in [9.17, 15) is 70.7 Å². The minimum absolute atomic E-state index is 0.320. The fourth-order valence-corrected chi connectivity index (χ4v) is 1.45. The Morgan fingerprint density at radius 1 is 0.643 bits per heavy atom. The topological polar surface area (TPSA) is 26.3 Å². The summed E-state index contributed by atoms with van der Waals surface area (Å²) in [4.78, 5) is 10.8. The maximum absolute atomic E-state index is 13.7. The van der Waals surface area contributed by atoms with E-state index in [-0.39, 0.29) is 0 Å². The van der Waals surface area contributed by atoms with Crippen LogP contribution in [0.15, 0.2) is 12.2 Å². The SMILES string of the molecule is C=C(C)C(=O)OC(F)(C(F)(F)F)C(F)(F)C(F)(F)C(F)(C(F)(F)F)C(F)(F)F. The molecular formula is C11H5F15O2. The van der Waals surface area contributed by atoms with Gasteiger partial charge >= 0.3 is 47.9 Å². The zero-order valence-corrected chi connectivity index (χ0v) is 12.7. The number of hydrogen-bond acceptors (Lipinski definition) is 2. The van der Waals surface area contributed by atoms with Gasteiger partial charge in [-0.2, -0.15) is 61.5 Å². The quantitative estimate of drug-likeness (QED) is 0.315. The van der Waals surface area contributed by atoms with E-state index in [2.05, 4.69) is 11.3 Å². The molecule has 28 heavy (non-hydrogen) atoms. The minimum atomic E-state index is -8.52. The highest BCUT2D eigenvalue weighted by Crippen LogP contribution is 2.63. The lowest BCUT2D eigenvalue weighted by atomic mass is 9.87. The molecule has 0 rings (SSSR count). The summed E-state index contributed by atoms with van der Waals surface area (Å²) in [6.45, 7) is 2.74. The first-order chi connectivity index (χ1) is 11.8. The third-order valence-corrected chi connectivity index (χ3v) is 2.96. The molecule has 0 N–H and O–H groups in total. The van der Waals surface area contributed by atoms with Gasteiger partial charge in [-0.25, -0.2) is 9.18 Å². The number of esters is 1. The van der Waals surface area contributed by atoms with Crippen LogP contribution in [-0.4, -0.2) is 47.9 Å². The molecule has 2 nitrogen and oxygen atoms in total. The Morgan fingerprint density at radius 2 is 0.964 bits per heavy atom. The lowest BCUT2D eigenvalue weighted by Gasteiger charge is -2.43. The van der Waals surface area contributed by atoms with Crippen LogP contribution in [0.5, 0.6) is 0 Å². The van der Waals surface area contributed by atoms with Crippen LogP contribution in [0.25, 0.3) is 0 Å². The molecule has 0 fully saturated rings. The number of halogens is 15. The van der Waals surface area contributed by atoms with Crippen molar-refractivity contribution in [1.82, 2.24) is 0 Å². The standard InChI is InChI=1S/C11H5F15O2/c1-3(2)4(27)28-8(17,11(24,25)26)7(15,16)6(13,14)5(12,9(18,19)20)10(21,22)23/h1H2,2H3. The van der Waals surface area contributed by atoms with Crippen LogP contribution in [-0.2, 0) is 9.53 Å². The summed E-state index contributed by atoms with van der Waals surface area (Å²) >= 11 is 0. The largest absolute Gasteiger partial charge is 0.467 e. The fourth-order valence-electron chi connectivity index (χ4n) is 1.45. The molecule has 0 amide bonds. The van der Waals surface area contributed by atoms with Crippen molar-refractivity contribution >= 4 is 5.97 Å². The van der Waals surface area contributed by atoms with Crippen molar-refractivity contribution in [3.63, 3.8) is 0 Å². The Balaban J connectivity index is 7.00. The van der Waals surface area contributed by atoms with Gasteiger partial charge in [-0.3, -0.25) is 0 Å². The summed E-state index contributed by atoms with van der Waals surface area (Å²) < 4.78 is 195. The van der Waals surface area contributed by atoms with Gasteiger partial charge in [0, 0.05) is 5.57 Å². The highest BCUT2D eigenvalue weighted by atomic mass is 19.4. The number of rotatable bonds is 5. The van der Waals surface area contributed by atoms with E-state index in [0.29, 0.717) is 6.92 Å². The number of alkyl halides is 15. The van der Waals surface area contributed by atoms with E-state index in [1.54, 1.807) is 0 Å². The second-order valence-electron chi connectivity index (χ2n) is 5.07. The molecule has 0 aromatic heterocycles. The van der Waals surface area contributed by atoms with Gasteiger partial charge in [0.15, 0.2) is 0 Å². The number of carbonyl (C=O) groups is 1. The number of hydrogen-bond donors (Lipinski definition) is 0. The van der Waals surface area contributed by atoms with Gasteiger partial charge in [-0.15, -0.1) is 0 Å². The lowest BCUT2D eigenvalue weighted by molar-refractivity contribution is -0.475. The maximum Gasteiger partial charge on any atom is 0.467 e. The Kier molecular flexibility index (Phi) is 6.17. The second-order valence-corrected chi connectivity index (χ2v) is 5.07. The molecule has 0 bridgehead atoms. The molecule has 17 heteroatoms. The molecule has 166 valence electrons. The van der Waals surface area contributed by atoms with Gasteiger partial charge in [-0.05, 0) is 6.92 Å². The predicted molar refractivity (Wildman–Crippen MR) is 56.6 cm³/mol. The van der Waals surface area contributed by atoms with Crippen molar-refractivity contribution in [1.29, 1.82) is 0 Å². The van der Waals surface area contributed by atoms with Gasteiger partial charge in [0.05, 0.1) is 0 Å². The predicted octanol–water partition coefficient (Wildman–Crippen LogP) is 5.44. The zero-order valence-electron chi connectivity index (χ0n) is 12.7. The first kappa shape index (κ1) is 26.2. The van der Waals surface area contributed by atoms with Gasteiger partial charge in [0.2, 0.25) is 0 Å². The summed E-state index contributed by atoms with van der Waals surface area (Å²) in [5, 5.41) is 0. The Labute approximate surface area is 143 Å². The number of ether oxygens (including phenoxy) is 1. The van der Waals surface area contributed by atoms with Crippen LogP contribution in [0.3, 0.4) is 0 Å². The van der Waals surface area contributed by atoms with Crippen molar-refractivity contribution in [3.05, 3.63) is 12.2 Å². The molecule has 0 aliphatic carbocycles. The average Bonchev–Trinajstić information content (AvgIpc) is 2.41. The average molecular weight is 454 g/mol. The molecule has 0 aliphatic heterocycles. The molecule has 0 radical (unpaired) electrons. The van der Waals surface area contributed by atoms with Crippen LogP contribution < -0.4 is 0 Å². The van der Waals surface area contributed by atoms with E-state index < -0.39 is 53.4 Å². The van der Waals surface area contributed by atoms with E-state index in [1.165, 1.54) is 0 Å². The van der Waals surface area contributed by atoms with Crippen molar-refractivity contribution in [2.75, 3.05) is 0 Å². The number of carbonyl (C=O) groups excluding carboxylic acids is 1. The molecule has 0 aromatic rings. The first-order valence-electron chi connectivity index (χ1n) is 6.05. The molecule has 0 saturated carbocycles. The summed E-state index contributed by atoms with van der Waals surface area (Å²) in [6, 6.07) is 0. The molecular weight excluding hydrogens is 449 g/mol. The summed E-state index contributed by atoms with van der Waals surface area (Å²) in [5.41, 5.74) is -9.79. The second kappa shape index (κ2) is 6.60. The smallest absolute Gasteiger partial charge is 0.411 e. The van der Waals surface area contributed by atoms with Crippen molar-refractivity contribution in [3.8, 4) is 0 Å². The van der Waals surface area contributed by atoms with Crippen molar-refractivity contribution in [2.45, 2.75) is 48.8 Å². The normalized spacial score (nSPS) is 17.1. The summed E-state index contributed by atoms with van der Waals surface area (Å²) in [7, 11) is 0. The molecule has 0 aromatic carbocycles. The molecule has 0 aliphatic rings. The highest BCUT2D eigenvalue weighted by molar-refractivity contribution is 5.87. The first-order valence-corrected chi connectivity index (χ1v) is 6.05. The Hall–Kier alpha value is -1.84. The van der Waals surface area contributed by atoms with Crippen molar-refractivity contribution in [2.24, 2.45) is 0 Å². The van der Waals surface area contributed by atoms with Crippen LogP contribution in [0, 0.1) is 0 Å². The van der Waals surface area contributed by atoms with Crippen molar-refractivity contribution < 1.29 is 75.4 Å². The molecule has 0 spiro atoms. The highest BCUT2D eigenvalue weighted by Gasteiger charge is 2.96. The van der Waals surface area contributed by atoms with Crippen LogP contribution in [0.4, 0.5) is 65.9 Å². The summed E-state index contributed by atoms with van der Waals surface area (Å²) in [5.74, 6) is -27.2.